The van der Waals surface area contributed by atoms with Crippen LogP contribution in [-0.2, 0) is 6.54 Å². The fourth-order valence-corrected chi connectivity index (χ4v) is 2.45. The molecule has 0 aliphatic rings. The van der Waals surface area contributed by atoms with E-state index in [2.05, 4.69) is 38.4 Å². The zero-order valence-electron chi connectivity index (χ0n) is 11.5. The van der Waals surface area contributed by atoms with Crippen LogP contribution in [0.5, 0.6) is 5.75 Å². The maximum atomic E-state index is 5.72. The van der Waals surface area contributed by atoms with Crippen LogP contribution >= 0.6 is 15.9 Å². The Hall–Kier alpha value is -1.44. The lowest BCUT2D eigenvalue weighted by Gasteiger charge is -2.19. The number of hydrogen-bond donors (Lipinski definition) is 2. The zero-order valence-corrected chi connectivity index (χ0v) is 13.1. The molecule has 1 aromatic carbocycles. The number of ether oxygens (including phenoxy) is 1. The number of nitrogens with one attached hydrogen (secondary N) is 1. The number of halogens is 1. The highest BCUT2D eigenvalue weighted by molar-refractivity contribution is 9.10. The summed E-state index contributed by atoms with van der Waals surface area (Å²) in [6, 6.07) is 5.54. The highest BCUT2D eigenvalue weighted by atomic mass is 79.9. The number of benzene rings is 1. The van der Waals surface area contributed by atoms with E-state index in [1.807, 2.05) is 22.9 Å². The third kappa shape index (κ3) is 3.00. The summed E-state index contributed by atoms with van der Waals surface area (Å²) in [6.07, 6.45) is 2.52. The SMILES string of the molecule is CCCn1ncnc1C(NN)c1ccc(Br)cc1OC. The van der Waals surface area contributed by atoms with Crippen LogP contribution in [0.4, 0.5) is 0 Å². The molecule has 1 heterocycles. The molecule has 1 unspecified atom stereocenters. The van der Waals surface area contributed by atoms with Gasteiger partial charge in [0, 0.05) is 16.6 Å². The first-order valence-corrected chi connectivity index (χ1v) is 7.17. The number of hydrogen-bond acceptors (Lipinski definition) is 5. The van der Waals surface area contributed by atoms with E-state index in [0.717, 1.165) is 34.6 Å². The van der Waals surface area contributed by atoms with Gasteiger partial charge in [-0.05, 0) is 18.6 Å². The molecular formula is C13H18BrN5O. The Morgan fingerprint density at radius 2 is 2.30 bits per heavy atom. The molecule has 0 radical (unpaired) electrons. The van der Waals surface area contributed by atoms with Crippen LogP contribution in [0.15, 0.2) is 29.0 Å². The topological polar surface area (TPSA) is 78.0 Å². The second-order valence-corrected chi connectivity index (χ2v) is 5.24. The Kier molecular flexibility index (Phi) is 5.11. The predicted molar refractivity (Wildman–Crippen MR) is 80.2 cm³/mol. The van der Waals surface area contributed by atoms with Crippen molar-refractivity contribution in [3.05, 3.63) is 40.4 Å². The molecule has 0 spiro atoms. The van der Waals surface area contributed by atoms with Crippen LogP contribution in [0, 0.1) is 0 Å². The van der Waals surface area contributed by atoms with E-state index in [1.54, 1.807) is 13.4 Å². The summed E-state index contributed by atoms with van der Waals surface area (Å²) in [7, 11) is 1.63. The lowest BCUT2D eigenvalue weighted by Crippen LogP contribution is -2.31. The van der Waals surface area contributed by atoms with E-state index < -0.39 is 0 Å². The molecule has 0 amide bonds. The van der Waals surface area contributed by atoms with Crippen LogP contribution in [0.1, 0.15) is 30.8 Å². The van der Waals surface area contributed by atoms with Gasteiger partial charge in [-0.2, -0.15) is 5.10 Å². The molecule has 2 aromatic rings. The lowest BCUT2D eigenvalue weighted by molar-refractivity contribution is 0.400. The third-order valence-electron chi connectivity index (χ3n) is 3.01. The summed E-state index contributed by atoms with van der Waals surface area (Å²) in [4.78, 5) is 4.32. The molecule has 0 bridgehead atoms. The van der Waals surface area contributed by atoms with Crippen molar-refractivity contribution < 1.29 is 4.74 Å². The summed E-state index contributed by atoms with van der Waals surface area (Å²) in [5.41, 5.74) is 3.72. The van der Waals surface area contributed by atoms with Crippen molar-refractivity contribution in [2.24, 2.45) is 5.84 Å². The highest BCUT2D eigenvalue weighted by Crippen LogP contribution is 2.31. The van der Waals surface area contributed by atoms with Gasteiger partial charge in [-0.3, -0.25) is 5.84 Å². The zero-order chi connectivity index (χ0) is 14.5. The van der Waals surface area contributed by atoms with Crippen LogP contribution in [0.2, 0.25) is 0 Å². The number of aryl methyl sites for hydroxylation is 1. The maximum Gasteiger partial charge on any atom is 0.150 e. The van der Waals surface area contributed by atoms with Gasteiger partial charge in [-0.25, -0.2) is 15.1 Å². The summed E-state index contributed by atoms with van der Waals surface area (Å²) in [5.74, 6) is 7.24. The molecule has 0 aliphatic carbocycles. The van der Waals surface area contributed by atoms with Crippen molar-refractivity contribution in [3.63, 3.8) is 0 Å². The fraction of sp³-hybridized carbons (Fsp3) is 0.385. The largest absolute Gasteiger partial charge is 0.496 e. The molecule has 0 saturated carbocycles. The molecule has 1 aromatic heterocycles. The predicted octanol–water partition coefficient (Wildman–Crippen LogP) is 2.01. The van der Waals surface area contributed by atoms with Crippen molar-refractivity contribution in [3.8, 4) is 5.75 Å². The minimum Gasteiger partial charge on any atom is -0.496 e. The van der Waals surface area contributed by atoms with E-state index in [1.165, 1.54) is 0 Å². The Balaban J connectivity index is 2.44. The summed E-state index contributed by atoms with van der Waals surface area (Å²) >= 11 is 3.43. The molecule has 20 heavy (non-hydrogen) atoms. The van der Waals surface area contributed by atoms with Gasteiger partial charge < -0.3 is 4.74 Å². The number of rotatable bonds is 6. The van der Waals surface area contributed by atoms with Gasteiger partial charge in [-0.15, -0.1) is 0 Å². The molecule has 0 aliphatic heterocycles. The van der Waals surface area contributed by atoms with E-state index in [0.29, 0.717) is 0 Å². The second-order valence-electron chi connectivity index (χ2n) is 4.33. The van der Waals surface area contributed by atoms with Gasteiger partial charge in [-0.1, -0.05) is 28.9 Å². The first-order chi connectivity index (χ1) is 9.71. The molecule has 7 heteroatoms. The van der Waals surface area contributed by atoms with Crippen molar-refractivity contribution in [2.45, 2.75) is 25.9 Å². The van der Waals surface area contributed by atoms with E-state index in [-0.39, 0.29) is 6.04 Å². The number of methoxy groups -OCH3 is 1. The Bertz CT molecular complexity index is 572. The second kappa shape index (κ2) is 6.83. The molecule has 108 valence electrons. The monoisotopic (exact) mass is 339 g/mol. The Labute approximate surface area is 126 Å². The number of aromatic nitrogens is 3. The maximum absolute atomic E-state index is 5.72. The van der Waals surface area contributed by atoms with Gasteiger partial charge in [0.25, 0.3) is 0 Å². The molecule has 3 N–H and O–H groups in total. The van der Waals surface area contributed by atoms with Crippen LogP contribution in [0.25, 0.3) is 0 Å². The van der Waals surface area contributed by atoms with Crippen LogP contribution < -0.4 is 16.0 Å². The minimum absolute atomic E-state index is 0.271. The molecule has 2 rings (SSSR count). The van der Waals surface area contributed by atoms with Gasteiger partial charge in [0.15, 0.2) is 0 Å². The van der Waals surface area contributed by atoms with Crippen LogP contribution in [-0.4, -0.2) is 21.9 Å². The minimum atomic E-state index is -0.271. The number of hydrazine groups is 1. The number of nitrogens with two attached hydrogens (primary N) is 1. The average molecular weight is 340 g/mol. The van der Waals surface area contributed by atoms with E-state index in [4.69, 9.17) is 10.6 Å². The summed E-state index contributed by atoms with van der Waals surface area (Å²) in [6.45, 7) is 2.89. The molecule has 0 fully saturated rings. The molecular weight excluding hydrogens is 322 g/mol. The molecule has 0 saturated heterocycles. The van der Waals surface area contributed by atoms with E-state index >= 15 is 0 Å². The molecule has 1 atom stereocenters. The first-order valence-electron chi connectivity index (χ1n) is 6.38. The van der Waals surface area contributed by atoms with Crippen molar-refractivity contribution in [2.75, 3.05) is 7.11 Å². The van der Waals surface area contributed by atoms with E-state index in [9.17, 15) is 0 Å². The number of nitrogens with zero attached hydrogens (tertiary/aromatic N) is 3. The lowest BCUT2D eigenvalue weighted by atomic mass is 10.1. The van der Waals surface area contributed by atoms with Crippen molar-refractivity contribution in [1.29, 1.82) is 0 Å². The van der Waals surface area contributed by atoms with Crippen LogP contribution in [0.3, 0.4) is 0 Å². The average Bonchev–Trinajstić information content (AvgIpc) is 2.90. The normalized spacial score (nSPS) is 12.4. The summed E-state index contributed by atoms with van der Waals surface area (Å²) < 4.78 is 8.23. The first kappa shape index (κ1) is 15.0. The van der Waals surface area contributed by atoms with Crippen molar-refractivity contribution >= 4 is 15.9 Å². The van der Waals surface area contributed by atoms with Gasteiger partial charge in [0.05, 0.1) is 7.11 Å². The summed E-state index contributed by atoms with van der Waals surface area (Å²) in [5, 5.41) is 4.23. The third-order valence-corrected chi connectivity index (χ3v) is 3.51. The smallest absolute Gasteiger partial charge is 0.150 e. The van der Waals surface area contributed by atoms with Gasteiger partial charge in [0.1, 0.15) is 23.9 Å². The van der Waals surface area contributed by atoms with Gasteiger partial charge >= 0.3 is 0 Å². The van der Waals surface area contributed by atoms with Crippen molar-refractivity contribution in [1.82, 2.24) is 20.2 Å². The Morgan fingerprint density at radius 3 is 2.95 bits per heavy atom. The Morgan fingerprint density at radius 1 is 1.50 bits per heavy atom. The quantitative estimate of drug-likeness (QED) is 0.621. The van der Waals surface area contributed by atoms with Gasteiger partial charge in [0.2, 0.25) is 0 Å². The molecule has 6 nitrogen and oxygen atoms in total. The standard InChI is InChI=1S/C13H18BrN5O/c1-3-6-19-13(16-8-17-19)12(18-15)10-5-4-9(14)7-11(10)20-2/h4-5,7-8,12,18H,3,6,15H2,1-2H3. The highest BCUT2D eigenvalue weighted by Gasteiger charge is 2.22. The fourth-order valence-electron chi connectivity index (χ4n) is 2.11.